The van der Waals surface area contributed by atoms with E-state index in [1.165, 1.54) is 11.8 Å². The predicted molar refractivity (Wildman–Crippen MR) is 102 cm³/mol. The highest BCUT2D eigenvalue weighted by molar-refractivity contribution is 8.13. The molecule has 0 fully saturated rings. The van der Waals surface area contributed by atoms with Gasteiger partial charge in [0.1, 0.15) is 5.75 Å². The molecule has 0 atom stereocenters. The lowest BCUT2D eigenvalue weighted by atomic mass is 10.1. The molecule has 0 bridgehead atoms. The normalized spacial score (nSPS) is 11.6. The average molecular weight is 369 g/mol. The van der Waals surface area contributed by atoms with Crippen molar-refractivity contribution in [3.8, 4) is 5.75 Å². The van der Waals surface area contributed by atoms with Gasteiger partial charge in [-0.25, -0.2) is 4.99 Å². The van der Waals surface area contributed by atoms with Gasteiger partial charge in [0.25, 0.3) is 0 Å². The van der Waals surface area contributed by atoms with E-state index in [0.29, 0.717) is 33.3 Å². The van der Waals surface area contributed by atoms with Crippen LogP contribution < -0.4 is 10.5 Å². The highest BCUT2D eigenvalue weighted by Crippen LogP contribution is 2.27. The summed E-state index contributed by atoms with van der Waals surface area (Å²) in [6.45, 7) is 4.53. The average Bonchev–Trinajstić information content (AvgIpc) is 2.49. The van der Waals surface area contributed by atoms with Crippen LogP contribution in [0.4, 0.5) is 5.69 Å². The molecule has 0 aliphatic heterocycles. The largest absolute Gasteiger partial charge is 0.491 e. The van der Waals surface area contributed by atoms with E-state index in [1.54, 1.807) is 18.2 Å². The monoisotopic (exact) mass is 368 g/mol. The minimum Gasteiger partial charge on any atom is -0.491 e. The maximum Gasteiger partial charge on any atom is 0.159 e. The second-order valence-electron chi connectivity index (χ2n) is 5.01. The number of nitrogens with two attached hydrogens (primary N) is 1. The minimum absolute atomic E-state index is 0.481. The molecule has 0 heterocycles. The van der Waals surface area contributed by atoms with E-state index < -0.39 is 0 Å². The van der Waals surface area contributed by atoms with Gasteiger partial charge in [-0.15, -0.1) is 0 Å². The Morgan fingerprint density at radius 2 is 1.96 bits per heavy atom. The Hall–Kier alpha value is -1.36. The third-order valence-corrected chi connectivity index (χ3v) is 4.37. The smallest absolute Gasteiger partial charge is 0.159 e. The van der Waals surface area contributed by atoms with Gasteiger partial charge < -0.3 is 10.5 Å². The van der Waals surface area contributed by atoms with Gasteiger partial charge in [0, 0.05) is 10.8 Å². The summed E-state index contributed by atoms with van der Waals surface area (Å²) in [6, 6.07) is 11.3. The molecule has 0 saturated carbocycles. The summed E-state index contributed by atoms with van der Waals surface area (Å²) in [5.41, 5.74) is 9.13. The lowest BCUT2D eigenvalue weighted by Gasteiger charge is -2.08. The van der Waals surface area contributed by atoms with Crippen molar-refractivity contribution in [2.45, 2.75) is 13.8 Å². The van der Waals surface area contributed by atoms with Crippen molar-refractivity contribution >= 4 is 45.8 Å². The van der Waals surface area contributed by atoms with Crippen molar-refractivity contribution in [3.05, 3.63) is 57.6 Å². The van der Waals surface area contributed by atoms with E-state index in [1.807, 2.05) is 26.0 Å². The zero-order valence-electron chi connectivity index (χ0n) is 13.0. The molecule has 0 spiro atoms. The molecule has 2 aromatic rings. The second-order valence-corrected chi connectivity index (χ2v) is 6.97. The number of hydrogen-bond acceptors (Lipinski definition) is 3. The van der Waals surface area contributed by atoms with Crippen LogP contribution in [-0.4, -0.2) is 17.5 Å². The van der Waals surface area contributed by atoms with E-state index in [9.17, 15) is 0 Å². The molecule has 0 aliphatic carbocycles. The van der Waals surface area contributed by atoms with Crippen LogP contribution in [0.2, 0.25) is 10.0 Å². The number of rotatable bonds is 5. The molecule has 2 rings (SSSR count). The maximum absolute atomic E-state index is 6.05. The zero-order valence-corrected chi connectivity index (χ0v) is 15.3. The van der Waals surface area contributed by atoms with Gasteiger partial charge in [-0.3, -0.25) is 0 Å². The van der Waals surface area contributed by atoms with Gasteiger partial charge >= 0.3 is 0 Å². The van der Waals surface area contributed by atoms with Crippen LogP contribution >= 0.6 is 35.0 Å². The van der Waals surface area contributed by atoms with Crippen LogP contribution in [0, 0.1) is 13.8 Å². The van der Waals surface area contributed by atoms with Crippen molar-refractivity contribution in [3.63, 3.8) is 0 Å². The van der Waals surface area contributed by atoms with E-state index >= 15 is 0 Å². The number of aliphatic imine (C=N–C) groups is 1. The molecule has 0 amide bonds. The van der Waals surface area contributed by atoms with Crippen molar-refractivity contribution in [2.24, 2.45) is 10.7 Å². The SMILES string of the molecule is Cc1ccc(C)c(N=C(N)SCCOc2ccc(Cl)cc2Cl)c1. The van der Waals surface area contributed by atoms with E-state index in [-0.39, 0.29) is 0 Å². The molecule has 0 saturated heterocycles. The summed E-state index contributed by atoms with van der Waals surface area (Å²) in [6.07, 6.45) is 0. The molecule has 2 N–H and O–H groups in total. The van der Waals surface area contributed by atoms with Crippen LogP contribution in [0.5, 0.6) is 5.75 Å². The Balaban J connectivity index is 1.86. The summed E-state index contributed by atoms with van der Waals surface area (Å²) in [5, 5.41) is 1.60. The third kappa shape index (κ3) is 5.65. The predicted octanol–water partition coefficient (Wildman–Crippen LogP) is 5.37. The first-order chi connectivity index (χ1) is 11.0. The van der Waals surface area contributed by atoms with Gasteiger partial charge in [-0.2, -0.15) is 0 Å². The quantitative estimate of drug-likeness (QED) is 0.438. The first-order valence-electron chi connectivity index (χ1n) is 7.08. The number of benzene rings is 2. The van der Waals surface area contributed by atoms with E-state index in [2.05, 4.69) is 11.1 Å². The summed E-state index contributed by atoms with van der Waals surface area (Å²) < 4.78 is 5.61. The lowest BCUT2D eigenvalue weighted by Crippen LogP contribution is -2.10. The van der Waals surface area contributed by atoms with Crippen LogP contribution in [0.3, 0.4) is 0 Å². The fraction of sp³-hybridized carbons (Fsp3) is 0.235. The Labute approximate surface area is 150 Å². The molecule has 122 valence electrons. The standard InChI is InChI=1S/C17H18Cl2N2OS/c1-11-3-4-12(2)15(9-11)21-17(20)23-8-7-22-16-6-5-13(18)10-14(16)19/h3-6,9-10H,7-8H2,1-2H3,(H2,20,21). The fourth-order valence-corrected chi connectivity index (χ4v) is 2.88. The molecular formula is C17H18Cl2N2OS. The Kier molecular flexibility index (Phi) is 6.63. The maximum atomic E-state index is 6.05. The molecule has 0 unspecified atom stereocenters. The molecule has 2 aromatic carbocycles. The molecule has 6 heteroatoms. The molecule has 0 aromatic heterocycles. The number of nitrogens with zero attached hydrogens (tertiary/aromatic N) is 1. The first kappa shape index (κ1) is 18.0. The summed E-state index contributed by atoms with van der Waals surface area (Å²) in [4.78, 5) is 4.45. The van der Waals surface area contributed by atoms with Crippen molar-refractivity contribution < 1.29 is 4.74 Å². The van der Waals surface area contributed by atoms with Gasteiger partial charge in [-0.1, -0.05) is 47.1 Å². The van der Waals surface area contributed by atoms with E-state index in [4.69, 9.17) is 33.7 Å². The highest BCUT2D eigenvalue weighted by Gasteiger charge is 2.03. The number of aryl methyl sites for hydroxylation is 2. The first-order valence-corrected chi connectivity index (χ1v) is 8.82. The number of thioether (sulfide) groups is 1. The van der Waals surface area contributed by atoms with Crippen molar-refractivity contribution in [1.82, 2.24) is 0 Å². The topological polar surface area (TPSA) is 47.6 Å². The number of amidine groups is 1. The van der Waals surface area contributed by atoms with Crippen molar-refractivity contribution in [1.29, 1.82) is 0 Å². The van der Waals surface area contributed by atoms with Crippen LogP contribution in [-0.2, 0) is 0 Å². The molecular weight excluding hydrogens is 351 g/mol. The molecule has 0 radical (unpaired) electrons. The van der Waals surface area contributed by atoms with Gasteiger partial charge in [0.05, 0.1) is 17.3 Å². The highest BCUT2D eigenvalue weighted by atomic mass is 35.5. The minimum atomic E-state index is 0.481. The Morgan fingerprint density at radius 3 is 2.70 bits per heavy atom. The third-order valence-electron chi connectivity index (χ3n) is 3.08. The zero-order chi connectivity index (χ0) is 16.8. The fourth-order valence-electron chi connectivity index (χ4n) is 1.88. The number of halogens is 2. The van der Waals surface area contributed by atoms with Gasteiger partial charge in [0.15, 0.2) is 5.17 Å². The molecule has 23 heavy (non-hydrogen) atoms. The Morgan fingerprint density at radius 1 is 1.17 bits per heavy atom. The van der Waals surface area contributed by atoms with Crippen LogP contribution in [0.1, 0.15) is 11.1 Å². The summed E-state index contributed by atoms with van der Waals surface area (Å²) in [7, 11) is 0. The molecule has 3 nitrogen and oxygen atoms in total. The van der Waals surface area contributed by atoms with Crippen LogP contribution in [0.15, 0.2) is 41.4 Å². The van der Waals surface area contributed by atoms with Gasteiger partial charge in [0.2, 0.25) is 0 Å². The van der Waals surface area contributed by atoms with E-state index in [0.717, 1.165) is 16.8 Å². The van der Waals surface area contributed by atoms with Gasteiger partial charge in [-0.05, 0) is 49.2 Å². The lowest BCUT2D eigenvalue weighted by molar-refractivity contribution is 0.344. The summed E-state index contributed by atoms with van der Waals surface area (Å²) >= 11 is 13.3. The second kappa shape index (κ2) is 8.48. The van der Waals surface area contributed by atoms with Crippen molar-refractivity contribution in [2.75, 3.05) is 12.4 Å². The Bertz CT molecular complexity index is 720. The van der Waals surface area contributed by atoms with Crippen LogP contribution in [0.25, 0.3) is 0 Å². The summed E-state index contributed by atoms with van der Waals surface area (Å²) in [5.74, 6) is 1.29. The molecule has 0 aliphatic rings. The number of ether oxygens (including phenoxy) is 1. The number of hydrogen-bond donors (Lipinski definition) is 1.